The zero-order chi connectivity index (χ0) is 13.7. The van der Waals surface area contributed by atoms with Gasteiger partial charge in [-0.3, -0.25) is 9.59 Å². The molecule has 0 amide bonds. The molecule has 1 rings (SSSR count). The molecule has 0 radical (unpaired) electrons. The van der Waals surface area contributed by atoms with Crippen LogP contribution in [0.15, 0.2) is 0 Å². The van der Waals surface area contributed by atoms with Gasteiger partial charge in [-0.2, -0.15) is 13.2 Å². The van der Waals surface area contributed by atoms with Crippen LogP contribution in [0.1, 0.15) is 40.0 Å². The van der Waals surface area contributed by atoms with Crippen LogP contribution in [-0.2, 0) is 14.3 Å². The van der Waals surface area contributed by atoms with Gasteiger partial charge >= 0.3 is 12.1 Å². The van der Waals surface area contributed by atoms with Crippen molar-refractivity contribution in [3.05, 3.63) is 0 Å². The van der Waals surface area contributed by atoms with Gasteiger partial charge in [0.25, 0.3) is 0 Å². The van der Waals surface area contributed by atoms with Gasteiger partial charge < -0.3 is 4.74 Å². The zero-order valence-corrected chi connectivity index (χ0v) is 10.2. The van der Waals surface area contributed by atoms with E-state index in [-0.39, 0.29) is 19.4 Å². The van der Waals surface area contributed by atoms with Crippen LogP contribution in [0.4, 0.5) is 13.2 Å². The first-order valence-corrected chi connectivity index (χ1v) is 5.59. The van der Waals surface area contributed by atoms with E-state index in [4.69, 9.17) is 0 Å². The van der Waals surface area contributed by atoms with Crippen molar-refractivity contribution in [1.29, 1.82) is 0 Å². The highest BCUT2D eigenvalue weighted by atomic mass is 19.4. The third kappa shape index (κ3) is 3.71. The molecule has 0 heterocycles. The molecule has 0 aromatic rings. The van der Waals surface area contributed by atoms with Gasteiger partial charge in [-0.1, -0.05) is 13.8 Å². The van der Waals surface area contributed by atoms with Gasteiger partial charge in [0.2, 0.25) is 0 Å². The Kier molecular flexibility index (Phi) is 5.64. The van der Waals surface area contributed by atoms with E-state index in [2.05, 4.69) is 4.74 Å². The number of hydrogen-bond donors (Lipinski definition) is 0. The highest BCUT2D eigenvalue weighted by Crippen LogP contribution is 2.58. The molecule has 3 nitrogen and oxygen atoms in total. The van der Waals surface area contributed by atoms with Gasteiger partial charge in [0.1, 0.15) is 11.8 Å². The summed E-state index contributed by atoms with van der Waals surface area (Å²) in [5.41, 5.74) is -2.26. The molecule has 1 aliphatic carbocycles. The van der Waals surface area contributed by atoms with E-state index in [0.717, 1.165) is 0 Å². The third-order valence-electron chi connectivity index (χ3n) is 2.44. The second-order valence-electron chi connectivity index (χ2n) is 3.48. The van der Waals surface area contributed by atoms with E-state index in [0.29, 0.717) is 0 Å². The zero-order valence-electron chi connectivity index (χ0n) is 10.2. The van der Waals surface area contributed by atoms with Gasteiger partial charge in [0.15, 0.2) is 5.78 Å². The van der Waals surface area contributed by atoms with Crippen molar-refractivity contribution >= 4 is 11.8 Å². The van der Waals surface area contributed by atoms with Gasteiger partial charge in [-0.25, -0.2) is 0 Å². The fourth-order valence-electron chi connectivity index (χ4n) is 1.36. The Morgan fingerprint density at radius 1 is 1.24 bits per heavy atom. The first kappa shape index (κ1) is 15.9. The summed E-state index contributed by atoms with van der Waals surface area (Å²) in [6.45, 7) is 5.59. The number of alkyl halides is 3. The molecule has 0 aromatic heterocycles. The lowest BCUT2D eigenvalue weighted by Crippen LogP contribution is -2.34. The summed E-state index contributed by atoms with van der Waals surface area (Å²) in [6.07, 6.45) is -5.76. The number of carbonyl (C=O) groups is 2. The SMILES string of the molecule is CC.CCOC(=O)CC(=O)C1(C(F)(F)F)CC1. The van der Waals surface area contributed by atoms with Crippen molar-refractivity contribution < 1.29 is 27.5 Å². The van der Waals surface area contributed by atoms with Crippen molar-refractivity contribution in [2.45, 2.75) is 46.2 Å². The molecule has 0 N–H and O–H groups in total. The maximum Gasteiger partial charge on any atom is 0.401 e. The number of Topliss-reactive ketones (excluding diaryl/α,β-unsaturated/α-hetero) is 1. The molecule has 0 unspecified atom stereocenters. The van der Waals surface area contributed by atoms with Crippen molar-refractivity contribution in [3.8, 4) is 0 Å². The summed E-state index contributed by atoms with van der Waals surface area (Å²) in [4.78, 5) is 22.1. The third-order valence-corrected chi connectivity index (χ3v) is 2.44. The van der Waals surface area contributed by atoms with Crippen LogP contribution in [0.5, 0.6) is 0 Å². The van der Waals surface area contributed by atoms with Gasteiger partial charge in [0.05, 0.1) is 6.61 Å². The second kappa shape index (κ2) is 6.02. The summed E-state index contributed by atoms with van der Waals surface area (Å²) >= 11 is 0. The fraction of sp³-hybridized carbons (Fsp3) is 0.818. The van der Waals surface area contributed by atoms with Crippen LogP contribution in [0.2, 0.25) is 0 Å². The molecule has 100 valence electrons. The van der Waals surface area contributed by atoms with Crippen molar-refractivity contribution in [3.63, 3.8) is 0 Å². The molecule has 1 saturated carbocycles. The minimum atomic E-state index is -4.55. The topological polar surface area (TPSA) is 43.4 Å². The monoisotopic (exact) mass is 254 g/mol. The van der Waals surface area contributed by atoms with Gasteiger partial charge in [-0.15, -0.1) is 0 Å². The molecule has 17 heavy (non-hydrogen) atoms. The average molecular weight is 254 g/mol. The van der Waals surface area contributed by atoms with Gasteiger partial charge in [0, 0.05) is 0 Å². The Labute approximate surface area is 98.3 Å². The maximum absolute atomic E-state index is 12.4. The van der Waals surface area contributed by atoms with Crippen molar-refractivity contribution in [1.82, 2.24) is 0 Å². The molecule has 1 fully saturated rings. The minimum Gasteiger partial charge on any atom is -0.466 e. The van der Waals surface area contributed by atoms with E-state index in [1.807, 2.05) is 13.8 Å². The van der Waals surface area contributed by atoms with Crippen LogP contribution >= 0.6 is 0 Å². The van der Waals surface area contributed by atoms with E-state index in [9.17, 15) is 22.8 Å². The molecule has 0 aromatic carbocycles. The Bertz CT molecular complexity index is 280. The Hall–Kier alpha value is -1.07. The number of halogens is 3. The quantitative estimate of drug-likeness (QED) is 0.572. The van der Waals surface area contributed by atoms with Crippen LogP contribution in [0, 0.1) is 5.41 Å². The molecular weight excluding hydrogens is 237 g/mol. The highest BCUT2D eigenvalue weighted by Gasteiger charge is 2.67. The van der Waals surface area contributed by atoms with Crippen LogP contribution in [0.3, 0.4) is 0 Å². The average Bonchev–Trinajstić information content (AvgIpc) is 3.00. The second-order valence-corrected chi connectivity index (χ2v) is 3.48. The van der Waals surface area contributed by atoms with E-state index in [1.54, 1.807) is 0 Å². The Balaban J connectivity index is 0.00000121. The number of hydrogen-bond acceptors (Lipinski definition) is 3. The first-order valence-electron chi connectivity index (χ1n) is 5.59. The number of rotatable bonds is 4. The molecule has 0 aliphatic heterocycles. The van der Waals surface area contributed by atoms with Crippen molar-refractivity contribution in [2.75, 3.05) is 6.61 Å². The minimum absolute atomic E-state index is 0.0606. The lowest BCUT2D eigenvalue weighted by Gasteiger charge is -2.16. The molecule has 0 saturated heterocycles. The predicted octanol–water partition coefficient (Wildman–Crippen LogP) is 2.88. The lowest BCUT2D eigenvalue weighted by molar-refractivity contribution is -0.191. The molecule has 6 heteroatoms. The van der Waals surface area contributed by atoms with E-state index < -0.39 is 29.8 Å². The number of ketones is 1. The number of carbonyl (C=O) groups excluding carboxylic acids is 2. The molecule has 0 atom stereocenters. The largest absolute Gasteiger partial charge is 0.466 e. The van der Waals surface area contributed by atoms with Crippen LogP contribution in [-0.4, -0.2) is 24.5 Å². The predicted molar refractivity (Wildman–Crippen MR) is 55.3 cm³/mol. The van der Waals surface area contributed by atoms with E-state index >= 15 is 0 Å². The lowest BCUT2D eigenvalue weighted by atomic mass is 9.98. The van der Waals surface area contributed by atoms with Crippen molar-refractivity contribution in [2.24, 2.45) is 5.41 Å². The summed E-state index contributed by atoms with van der Waals surface area (Å²) < 4.78 is 41.6. The van der Waals surface area contributed by atoms with Crippen LogP contribution < -0.4 is 0 Å². The van der Waals surface area contributed by atoms with Gasteiger partial charge in [-0.05, 0) is 19.8 Å². The smallest absolute Gasteiger partial charge is 0.401 e. The molecule has 0 spiro atoms. The maximum atomic E-state index is 12.4. The first-order chi connectivity index (χ1) is 7.83. The summed E-state index contributed by atoms with van der Waals surface area (Å²) in [5, 5.41) is 0. The Morgan fingerprint density at radius 3 is 2.00 bits per heavy atom. The molecular formula is C11H17F3O3. The fourth-order valence-corrected chi connectivity index (χ4v) is 1.36. The highest BCUT2D eigenvalue weighted by molar-refractivity contribution is 6.00. The number of ether oxygens (including phenoxy) is 1. The summed E-state index contributed by atoms with van der Waals surface area (Å²) in [6, 6.07) is 0. The number of esters is 1. The summed E-state index contributed by atoms with van der Waals surface area (Å²) in [5.74, 6) is -1.97. The molecule has 0 bridgehead atoms. The van der Waals surface area contributed by atoms with Crippen LogP contribution in [0.25, 0.3) is 0 Å². The molecule has 1 aliphatic rings. The Morgan fingerprint density at radius 2 is 1.71 bits per heavy atom. The van der Waals surface area contributed by atoms with E-state index in [1.165, 1.54) is 6.92 Å². The normalized spacial score (nSPS) is 16.6. The summed E-state index contributed by atoms with van der Waals surface area (Å²) in [7, 11) is 0. The standard InChI is InChI=1S/C9H11F3O3.C2H6/c1-2-15-7(14)5-6(13)8(3-4-8)9(10,11)12;1-2/h2-5H2,1H3;1-2H3.